The van der Waals surface area contributed by atoms with Gasteiger partial charge >= 0.3 is 0 Å². The van der Waals surface area contributed by atoms with E-state index in [9.17, 15) is 14.3 Å². The van der Waals surface area contributed by atoms with Gasteiger partial charge in [-0.05, 0) is 42.8 Å². The lowest BCUT2D eigenvalue weighted by atomic mass is 10.1. The van der Waals surface area contributed by atoms with E-state index in [0.717, 1.165) is 0 Å². The van der Waals surface area contributed by atoms with Crippen molar-refractivity contribution < 1.29 is 14.3 Å². The van der Waals surface area contributed by atoms with Crippen LogP contribution in [0.25, 0.3) is 0 Å². The Hall–Kier alpha value is -2.69. The summed E-state index contributed by atoms with van der Waals surface area (Å²) in [5.74, 6) is -0.746. The highest BCUT2D eigenvalue weighted by atomic mass is 19.1. The maximum Gasteiger partial charge on any atom is 0.271 e. The summed E-state index contributed by atoms with van der Waals surface area (Å²) in [7, 11) is 0. The first-order chi connectivity index (χ1) is 9.56. The molecule has 0 aromatic heterocycles. The van der Waals surface area contributed by atoms with Crippen molar-refractivity contribution >= 4 is 11.6 Å². The monoisotopic (exact) mass is 272 g/mol. The molecule has 2 rings (SSSR count). The van der Waals surface area contributed by atoms with Gasteiger partial charge in [0.05, 0.1) is 5.71 Å². The van der Waals surface area contributed by atoms with Crippen LogP contribution >= 0.6 is 0 Å². The van der Waals surface area contributed by atoms with Crippen molar-refractivity contribution in [3.63, 3.8) is 0 Å². The SMILES string of the molecule is C/C(=N/NC(=O)c1cccc(O)c1)c1ccc(F)cc1. The average molecular weight is 272 g/mol. The Morgan fingerprint density at radius 2 is 1.85 bits per heavy atom. The summed E-state index contributed by atoms with van der Waals surface area (Å²) in [4.78, 5) is 11.8. The minimum atomic E-state index is -0.428. The molecule has 4 nitrogen and oxygen atoms in total. The Balaban J connectivity index is 2.08. The summed E-state index contributed by atoms with van der Waals surface area (Å²) in [6, 6.07) is 11.8. The van der Waals surface area contributed by atoms with Crippen LogP contribution in [0.3, 0.4) is 0 Å². The minimum absolute atomic E-state index is 0.0110. The zero-order chi connectivity index (χ0) is 14.5. The maximum atomic E-state index is 12.8. The quantitative estimate of drug-likeness (QED) is 0.666. The van der Waals surface area contributed by atoms with E-state index < -0.39 is 5.91 Å². The lowest BCUT2D eigenvalue weighted by Gasteiger charge is -2.03. The van der Waals surface area contributed by atoms with Gasteiger partial charge in [-0.15, -0.1) is 0 Å². The number of rotatable bonds is 3. The van der Waals surface area contributed by atoms with Crippen molar-refractivity contribution in [3.05, 3.63) is 65.5 Å². The van der Waals surface area contributed by atoms with E-state index in [1.54, 1.807) is 31.2 Å². The molecule has 0 unspecified atom stereocenters. The Morgan fingerprint density at radius 3 is 2.50 bits per heavy atom. The van der Waals surface area contributed by atoms with Crippen molar-refractivity contribution in [3.8, 4) is 5.75 Å². The van der Waals surface area contributed by atoms with E-state index in [1.807, 2.05) is 0 Å². The maximum absolute atomic E-state index is 12.8. The fourth-order valence-electron chi connectivity index (χ4n) is 1.60. The van der Waals surface area contributed by atoms with E-state index in [4.69, 9.17) is 0 Å². The first-order valence-corrected chi connectivity index (χ1v) is 5.96. The van der Waals surface area contributed by atoms with E-state index in [0.29, 0.717) is 16.8 Å². The molecule has 0 spiro atoms. The van der Waals surface area contributed by atoms with Gasteiger partial charge < -0.3 is 5.11 Å². The van der Waals surface area contributed by atoms with Crippen LogP contribution in [-0.4, -0.2) is 16.7 Å². The number of aromatic hydroxyl groups is 1. The number of carbonyl (C=O) groups is 1. The van der Waals surface area contributed by atoms with E-state index >= 15 is 0 Å². The van der Waals surface area contributed by atoms with Crippen molar-refractivity contribution in [2.45, 2.75) is 6.92 Å². The second kappa shape index (κ2) is 5.97. The predicted molar refractivity (Wildman–Crippen MR) is 74.2 cm³/mol. The highest BCUT2D eigenvalue weighted by Crippen LogP contribution is 2.10. The molecule has 20 heavy (non-hydrogen) atoms. The molecule has 0 atom stereocenters. The van der Waals surface area contributed by atoms with Crippen LogP contribution in [0.4, 0.5) is 4.39 Å². The third kappa shape index (κ3) is 3.41. The number of amides is 1. The summed E-state index contributed by atoms with van der Waals surface area (Å²) in [6.45, 7) is 1.70. The van der Waals surface area contributed by atoms with Crippen LogP contribution in [0.15, 0.2) is 53.6 Å². The fraction of sp³-hybridized carbons (Fsp3) is 0.0667. The first-order valence-electron chi connectivity index (χ1n) is 5.96. The van der Waals surface area contributed by atoms with Gasteiger partial charge in [0, 0.05) is 5.56 Å². The Bertz CT molecular complexity index is 651. The molecule has 0 heterocycles. The molecule has 2 aromatic rings. The number of hydrazone groups is 1. The fourth-order valence-corrected chi connectivity index (χ4v) is 1.60. The third-order valence-corrected chi connectivity index (χ3v) is 2.70. The molecule has 0 aliphatic rings. The van der Waals surface area contributed by atoms with Gasteiger partial charge in [-0.1, -0.05) is 18.2 Å². The zero-order valence-corrected chi connectivity index (χ0v) is 10.8. The Labute approximate surface area is 115 Å². The molecule has 2 N–H and O–H groups in total. The van der Waals surface area contributed by atoms with Gasteiger partial charge in [0.1, 0.15) is 11.6 Å². The second-order valence-electron chi connectivity index (χ2n) is 4.20. The molecule has 0 aliphatic heterocycles. The number of phenols is 1. The summed E-state index contributed by atoms with van der Waals surface area (Å²) in [5, 5.41) is 13.2. The second-order valence-corrected chi connectivity index (χ2v) is 4.20. The summed E-state index contributed by atoms with van der Waals surface area (Å²) >= 11 is 0. The molecule has 0 bridgehead atoms. The van der Waals surface area contributed by atoms with Crippen LogP contribution in [0.5, 0.6) is 5.75 Å². The molecule has 0 fully saturated rings. The lowest BCUT2D eigenvalue weighted by molar-refractivity contribution is 0.0954. The van der Waals surface area contributed by atoms with Gasteiger partial charge in [0.2, 0.25) is 0 Å². The van der Waals surface area contributed by atoms with Crippen LogP contribution < -0.4 is 5.43 Å². The van der Waals surface area contributed by atoms with Gasteiger partial charge in [-0.2, -0.15) is 5.10 Å². The van der Waals surface area contributed by atoms with Crippen LogP contribution in [0, 0.1) is 5.82 Å². The topological polar surface area (TPSA) is 61.7 Å². The van der Waals surface area contributed by atoms with E-state index in [2.05, 4.69) is 10.5 Å². The normalized spacial score (nSPS) is 11.2. The van der Waals surface area contributed by atoms with Gasteiger partial charge in [-0.3, -0.25) is 4.79 Å². The molecule has 2 aromatic carbocycles. The highest BCUT2D eigenvalue weighted by molar-refractivity contribution is 6.00. The van der Waals surface area contributed by atoms with Gasteiger partial charge in [-0.25, -0.2) is 9.82 Å². The van der Waals surface area contributed by atoms with Crippen LogP contribution in [0.2, 0.25) is 0 Å². The molecular formula is C15H13FN2O2. The largest absolute Gasteiger partial charge is 0.508 e. The zero-order valence-electron chi connectivity index (χ0n) is 10.8. The highest BCUT2D eigenvalue weighted by Gasteiger charge is 2.05. The molecule has 102 valence electrons. The number of benzene rings is 2. The van der Waals surface area contributed by atoms with Crippen molar-refractivity contribution in [2.24, 2.45) is 5.10 Å². The summed E-state index contributed by atoms with van der Waals surface area (Å²) in [6.07, 6.45) is 0. The average Bonchev–Trinajstić information content (AvgIpc) is 2.45. The van der Waals surface area contributed by atoms with E-state index in [1.165, 1.54) is 24.3 Å². The summed E-state index contributed by atoms with van der Waals surface area (Å²) in [5.41, 5.74) is 3.95. The standard InChI is InChI=1S/C15H13FN2O2/c1-10(11-5-7-13(16)8-6-11)17-18-15(20)12-3-2-4-14(19)9-12/h2-9,19H,1H3,(H,18,20)/b17-10-. The molecule has 1 amide bonds. The molecule has 0 radical (unpaired) electrons. The lowest BCUT2D eigenvalue weighted by Crippen LogP contribution is -2.19. The van der Waals surface area contributed by atoms with E-state index in [-0.39, 0.29) is 11.6 Å². The number of hydrogen-bond acceptors (Lipinski definition) is 3. The molecule has 0 saturated carbocycles. The van der Waals surface area contributed by atoms with Crippen molar-refractivity contribution in [2.75, 3.05) is 0 Å². The van der Waals surface area contributed by atoms with Gasteiger partial charge in [0.15, 0.2) is 0 Å². The smallest absolute Gasteiger partial charge is 0.271 e. The first kappa shape index (κ1) is 13.7. The van der Waals surface area contributed by atoms with Crippen LogP contribution in [0.1, 0.15) is 22.8 Å². The molecule has 0 saturated heterocycles. The number of hydrogen-bond donors (Lipinski definition) is 2. The van der Waals surface area contributed by atoms with Crippen LogP contribution in [-0.2, 0) is 0 Å². The number of nitrogens with one attached hydrogen (secondary N) is 1. The molecule has 5 heteroatoms. The molecular weight excluding hydrogens is 259 g/mol. The van der Waals surface area contributed by atoms with Crippen molar-refractivity contribution in [1.29, 1.82) is 0 Å². The minimum Gasteiger partial charge on any atom is -0.508 e. The molecule has 0 aliphatic carbocycles. The predicted octanol–water partition coefficient (Wildman–Crippen LogP) is 2.69. The Morgan fingerprint density at radius 1 is 1.15 bits per heavy atom. The number of halogens is 1. The summed E-state index contributed by atoms with van der Waals surface area (Å²) < 4.78 is 12.8. The number of nitrogens with zero attached hydrogens (tertiary/aromatic N) is 1. The van der Waals surface area contributed by atoms with Crippen molar-refractivity contribution in [1.82, 2.24) is 5.43 Å². The Kier molecular flexibility index (Phi) is 4.10. The number of phenolic OH excluding ortho intramolecular Hbond substituents is 1. The van der Waals surface area contributed by atoms with Gasteiger partial charge in [0.25, 0.3) is 5.91 Å². The number of carbonyl (C=O) groups excluding carboxylic acids is 1. The third-order valence-electron chi connectivity index (χ3n) is 2.70.